The van der Waals surface area contributed by atoms with Crippen molar-refractivity contribution in [3.63, 3.8) is 0 Å². The van der Waals surface area contributed by atoms with Crippen LogP contribution >= 0.6 is 11.3 Å². The number of hydrogen-bond acceptors (Lipinski definition) is 7. The third-order valence-electron chi connectivity index (χ3n) is 5.68. The number of carbonyl (C=O) groups excluding carboxylic acids is 1. The average molecular weight is 483 g/mol. The molecule has 1 fully saturated rings. The molecule has 4 heterocycles. The van der Waals surface area contributed by atoms with Gasteiger partial charge in [-0.1, -0.05) is 23.7 Å². The Morgan fingerprint density at radius 1 is 1.12 bits per heavy atom. The van der Waals surface area contributed by atoms with Crippen molar-refractivity contribution < 1.29 is 17.7 Å². The molecule has 170 valence electrons. The van der Waals surface area contributed by atoms with Gasteiger partial charge in [-0.05, 0) is 55.5 Å². The fourth-order valence-corrected chi connectivity index (χ4v) is 6.26. The summed E-state index contributed by atoms with van der Waals surface area (Å²) in [4.78, 5) is 18.9. The highest BCUT2D eigenvalue weighted by molar-refractivity contribution is 7.89. The number of hydrogen-bond donors (Lipinski definition) is 1. The number of benzene rings is 1. The standard InChI is InChI=1S/C23H22N4O4S2/c1-15-21-18(14-19(20-9-6-12-32-20)25-23(21)31-26-15)22(28)24-16-7-5-8-17(13-16)33(29,30)27-10-3-2-4-11-27/h5-9,12-14H,2-4,10-11H2,1H3,(H,24,28). The van der Waals surface area contributed by atoms with Crippen LogP contribution in [-0.4, -0.2) is 41.9 Å². The van der Waals surface area contributed by atoms with Gasteiger partial charge >= 0.3 is 0 Å². The molecular weight excluding hydrogens is 460 g/mol. The number of nitrogens with zero attached hydrogens (tertiary/aromatic N) is 3. The van der Waals surface area contributed by atoms with Crippen molar-refractivity contribution in [1.82, 2.24) is 14.4 Å². The lowest BCUT2D eigenvalue weighted by atomic mass is 10.1. The second-order valence-electron chi connectivity index (χ2n) is 7.93. The van der Waals surface area contributed by atoms with Crippen LogP contribution in [0, 0.1) is 6.92 Å². The van der Waals surface area contributed by atoms with Crippen LogP contribution in [0.25, 0.3) is 21.7 Å². The lowest BCUT2D eigenvalue weighted by Gasteiger charge is -2.26. The third-order valence-corrected chi connectivity index (χ3v) is 8.47. The zero-order chi connectivity index (χ0) is 23.0. The van der Waals surface area contributed by atoms with Crippen molar-refractivity contribution in [2.24, 2.45) is 0 Å². The van der Waals surface area contributed by atoms with Gasteiger partial charge in [0.15, 0.2) is 0 Å². The zero-order valence-electron chi connectivity index (χ0n) is 17.9. The number of aryl methyl sites for hydroxylation is 1. The van der Waals surface area contributed by atoms with Gasteiger partial charge in [-0.15, -0.1) is 11.3 Å². The van der Waals surface area contributed by atoms with Crippen LogP contribution in [0.5, 0.6) is 0 Å². The molecule has 0 aliphatic carbocycles. The van der Waals surface area contributed by atoms with E-state index in [-0.39, 0.29) is 16.5 Å². The van der Waals surface area contributed by atoms with Crippen LogP contribution in [0.4, 0.5) is 5.69 Å². The first kappa shape index (κ1) is 21.7. The molecule has 8 nitrogen and oxygen atoms in total. The van der Waals surface area contributed by atoms with Gasteiger partial charge in [-0.2, -0.15) is 4.31 Å². The number of sulfonamides is 1. The normalized spacial score (nSPS) is 15.1. The van der Waals surface area contributed by atoms with Gasteiger partial charge in [0.1, 0.15) is 0 Å². The van der Waals surface area contributed by atoms with Crippen molar-refractivity contribution in [2.45, 2.75) is 31.1 Å². The SMILES string of the molecule is Cc1noc2nc(-c3cccs3)cc(C(=O)Nc3cccc(S(=O)(=O)N4CCCCC4)c3)c12. The molecule has 5 rings (SSSR count). The lowest BCUT2D eigenvalue weighted by molar-refractivity contribution is 0.102. The highest BCUT2D eigenvalue weighted by Gasteiger charge is 2.26. The van der Waals surface area contributed by atoms with Crippen LogP contribution < -0.4 is 5.32 Å². The van der Waals surface area contributed by atoms with Crippen molar-refractivity contribution in [3.05, 3.63) is 59.1 Å². The summed E-state index contributed by atoms with van der Waals surface area (Å²) in [5, 5.41) is 9.27. The van der Waals surface area contributed by atoms with E-state index in [0.29, 0.717) is 41.1 Å². The molecule has 3 aromatic heterocycles. The molecule has 33 heavy (non-hydrogen) atoms. The first-order valence-corrected chi connectivity index (χ1v) is 13.0. The molecule has 0 unspecified atom stereocenters. The molecule has 0 saturated carbocycles. The Bertz CT molecular complexity index is 1420. The molecule has 1 saturated heterocycles. The monoisotopic (exact) mass is 482 g/mol. The van der Waals surface area contributed by atoms with Gasteiger partial charge < -0.3 is 9.84 Å². The van der Waals surface area contributed by atoms with Gasteiger partial charge in [-0.3, -0.25) is 4.79 Å². The molecule has 10 heteroatoms. The van der Waals surface area contributed by atoms with Crippen molar-refractivity contribution in [2.75, 3.05) is 18.4 Å². The molecule has 0 radical (unpaired) electrons. The smallest absolute Gasteiger partial charge is 0.259 e. The minimum Gasteiger partial charge on any atom is -0.335 e. The van der Waals surface area contributed by atoms with Gasteiger partial charge in [0.2, 0.25) is 10.0 Å². The van der Waals surface area contributed by atoms with Crippen molar-refractivity contribution in [1.29, 1.82) is 0 Å². The minimum absolute atomic E-state index is 0.169. The fourth-order valence-electron chi connectivity index (χ4n) is 4.01. The largest absolute Gasteiger partial charge is 0.335 e. The van der Waals surface area contributed by atoms with E-state index in [1.165, 1.54) is 21.7 Å². The van der Waals surface area contributed by atoms with Gasteiger partial charge in [0, 0.05) is 18.8 Å². The van der Waals surface area contributed by atoms with Crippen molar-refractivity contribution >= 4 is 44.1 Å². The van der Waals surface area contributed by atoms with Crippen LogP contribution in [0.15, 0.2) is 57.3 Å². The molecular formula is C23H22N4O4S2. The lowest BCUT2D eigenvalue weighted by Crippen LogP contribution is -2.35. The summed E-state index contributed by atoms with van der Waals surface area (Å²) in [5.41, 5.74) is 2.22. The molecule has 1 aromatic carbocycles. The molecule has 0 spiro atoms. The molecule has 1 amide bonds. The maximum atomic E-state index is 13.3. The summed E-state index contributed by atoms with van der Waals surface area (Å²) in [6.45, 7) is 2.79. The number of rotatable bonds is 5. The topological polar surface area (TPSA) is 105 Å². The molecule has 1 N–H and O–H groups in total. The first-order valence-electron chi connectivity index (χ1n) is 10.7. The quantitative estimate of drug-likeness (QED) is 0.443. The molecule has 1 aliphatic heterocycles. The summed E-state index contributed by atoms with van der Waals surface area (Å²) >= 11 is 1.51. The van der Waals surface area contributed by atoms with Crippen LogP contribution in [0.1, 0.15) is 35.3 Å². The van der Waals surface area contributed by atoms with Crippen LogP contribution in [-0.2, 0) is 10.0 Å². The highest BCUT2D eigenvalue weighted by atomic mass is 32.2. The van der Waals surface area contributed by atoms with E-state index in [2.05, 4.69) is 15.5 Å². The van der Waals surface area contributed by atoms with Gasteiger partial charge in [0.05, 0.1) is 32.1 Å². The van der Waals surface area contributed by atoms with E-state index in [1.807, 2.05) is 17.5 Å². The number of pyridine rings is 1. The highest BCUT2D eigenvalue weighted by Crippen LogP contribution is 2.30. The third kappa shape index (κ3) is 4.17. The van der Waals surface area contributed by atoms with E-state index in [9.17, 15) is 13.2 Å². The van der Waals surface area contributed by atoms with E-state index >= 15 is 0 Å². The molecule has 1 aliphatic rings. The Morgan fingerprint density at radius 2 is 1.94 bits per heavy atom. The predicted octanol–water partition coefficient (Wildman–Crippen LogP) is 4.69. The maximum Gasteiger partial charge on any atom is 0.259 e. The Labute approximate surface area is 195 Å². The van der Waals surface area contributed by atoms with Crippen LogP contribution in [0.2, 0.25) is 0 Å². The van der Waals surface area contributed by atoms with Gasteiger partial charge in [0.25, 0.3) is 11.6 Å². The number of amides is 1. The fraction of sp³-hybridized carbons (Fsp3) is 0.261. The zero-order valence-corrected chi connectivity index (χ0v) is 19.6. The number of piperidine rings is 1. The summed E-state index contributed by atoms with van der Waals surface area (Å²) in [7, 11) is -3.61. The van der Waals surface area contributed by atoms with E-state index in [4.69, 9.17) is 4.52 Å². The number of carbonyl (C=O) groups is 1. The Hall–Kier alpha value is -3.08. The number of fused-ring (bicyclic) bond motifs is 1. The number of thiophene rings is 1. The maximum absolute atomic E-state index is 13.3. The van der Waals surface area contributed by atoms with E-state index in [0.717, 1.165) is 24.1 Å². The summed E-state index contributed by atoms with van der Waals surface area (Å²) in [6, 6.07) is 11.9. The number of aromatic nitrogens is 2. The second kappa shape index (κ2) is 8.69. The predicted molar refractivity (Wildman–Crippen MR) is 127 cm³/mol. The number of nitrogens with one attached hydrogen (secondary N) is 1. The summed E-state index contributed by atoms with van der Waals surface area (Å²) in [5.74, 6) is -0.390. The molecule has 4 aromatic rings. The number of anilines is 1. The first-order chi connectivity index (χ1) is 15.9. The van der Waals surface area contributed by atoms with E-state index in [1.54, 1.807) is 31.2 Å². The Kier molecular flexibility index (Phi) is 5.73. The molecule has 0 atom stereocenters. The molecule has 0 bridgehead atoms. The summed E-state index contributed by atoms with van der Waals surface area (Å²) in [6.07, 6.45) is 2.76. The van der Waals surface area contributed by atoms with Gasteiger partial charge in [-0.25, -0.2) is 13.4 Å². The Balaban J connectivity index is 1.48. The van der Waals surface area contributed by atoms with Crippen molar-refractivity contribution in [3.8, 4) is 10.6 Å². The average Bonchev–Trinajstić information content (AvgIpc) is 3.50. The van der Waals surface area contributed by atoms with Crippen LogP contribution in [0.3, 0.4) is 0 Å². The van der Waals surface area contributed by atoms with E-state index < -0.39 is 10.0 Å². The second-order valence-corrected chi connectivity index (χ2v) is 10.8. The minimum atomic E-state index is -3.61. The summed E-state index contributed by atoms with van der Waals surface area (Å²) < 4.78 is 32.9. The Morgan fingerprint density at radius 3 is 2.70 bits per heavy atom.